The molecule has 0 fully saturated rings. The standard InChI is InChI=1S/C10H15Br2N3O2S/c1-10(2,15-18(3,16)17)6-14-9-8(12)4-7(11)5-13-9/h4-5,15H,6H2,1-3H3,(H,13,14). The van der Waals surface area contributed by atoms with Crippen molar-refractivity contribution in [3.8, 4) is 0 Å². The molecule has 0 spiro atoms. The summed E-state index contributed by atoms with van der Waals surface area (Å²) in [6, 6.07) is 1.87. The van der Waals surface area contributed by atoms with Gasteiger partial charge in [0.2, 0.25) is 10.0 Å². The van der Waals surface area contributed by atoms with Gasteiger partial charge in [0.05, 0.1) is 10.7 Å². The van der Waals surface area contributed by atoms with Crippen molar-refractivity contribution in [3.63, 3.8) is 0 Å². The van der Waals surface area contributed by atoms with Gasteiger partial charge in [-0.3, -0.25) is 0 Å². The average molecular weight is 401 g/mol. The molecule has 1 rings (SSSR count). The molecule has 1 heterocycles. The highest BCUT2D eigenvalue weighted by Gasteiger charge is 2.22. The SMILES string of the molecule is CC(C)(CNc1ncc(Br)cc1Br)NS(C)(=O)=O. The average Bonchev–Trinajstić information content (AvgIpc) is 2.12. The number of halogens is 2. The van der Waals surface area contributed by atoms with E-state index in [1.54, 1.807) is 20.0 Å². The molecule has 0 radical (unpaired) electrons. The quantitative estimate of drug-likeness (QED) is 0.795. The first-order chi connectivity index (χ1) is 8.09. The lowest BCUT2D eigenvalue weighted by Crippen LogP contribution is -2.47. The molecule has 0 aliphatic rings. The molecular formula is C10H15Br2N3O2S. The minimum Gasteiger partial charge on any atom is -0.367 e. The number of nitrogens with one attached hydrogen (secondary N) is 2. The maximum atomic E-state index is 11.2. The van der Waals surface area contributed by atoms with Crippen molar-refractivity contribution in [3.05, 3.63) is 21.2 Å². The Morgan fingerprint density at radius 1 is 1.39 bits per heavy atom. The van der Waals surface area contributed by atoms with E-state index in [1.165, 1.54) is 0 Å². The van der Waals surface area contributed by atoms with E-state index in [0.717, 1.165) is 15.2 Å². The molecule has 18 heavy (non-hydrogen) atoms. The fourth-order valence-corrected chi connectivity index (χ4v) is 3.59. The molecule has 0 amide bonds. The van der Waals surface area contributed by atoms with Gasteiger partial charge >= 0.3 is 0 Å². The van der Waals surface area contributed by atoms with E-state index in [-0.39, 0.29) is 0 Å². The Kier molecular flexibility index (Phi) is 5.16. The van der Waals surface area contributed by atoms with Gasteiger partial charge in [-0.15, -0.1) is 0 Å². The van der Waals surface area contributed by atoms with Crippen LogP contribution in [0.2, 0.25) is 0 Å². The molecule has 102 valence electrons. The number of hydrogen-bond donors (Lipinski definition) is 2. The van der Waals surface area contributed by atoms with Gasteiger partial charge in [0.15, 0.2) is 0 Å². The summed E-state index contributed by atoms with van der Waals surface area (Å²) in [7, 11) is -3.23. The van der Waals surface area contributed by atoms with E-state index in [1.807, 2.05) is 6.07 Å². The molecule has 8 heteroatoms. The highest BCUT2D eigenvalue weighted by molar-refractivity contribution is 9.11. The second-order valence-electron chi connectivity index (χ2n) is 4.60. The smallest absolute Gasteiger partial charge is 0.209 e. The van der Waals surface area contributed by atoms with E-state index in [2.05, 4.69) is 46.9 Å². The normalized spacial score (nSPS) is 12.5. The Morgan fingerprint density at radius 2 is 2.00 bits per heavy atom. The lowest BCUT2D eigenvalue weighted by molar-refractivity contribution is 0.476. The minimum absolute atomic E-state index is 0.424. The Morgan fingerprint density at radius 3 is 2.50 bits per heavy atom. The van der Waals surface area contributed by atoms with Crippen LogP contribution < -0.4 is 10.0 Å². The van der Waals surface area contributed by atoms with Crippen molar-refractivity contribution in [1.29, 1.82) is 0 Å². The number of hydrogen-bond acceptors (Lipinski definition) is 4. The predicted octanol–water partition coefficient (Wildman–Crippen LogP) is 2.35. The van der Waals surface area contributed by atoms with Crippen LogP contribution in [0.3, 0.4) is 0 Å². The lowest BCUT2D eigenvalue weighted by Gasteiger charge is -2.25. The Bertz CT molecular complexity index is 532. The minimum atomic E-state index is -3.23. The van der Waals surface area contributed by atoms with Gasteiger partial charge in [0.1, 0.15) is 5.82 Å². The van der Waals surface area contributed by atoms with Crippen LogP contribution in [-0.2, 0) is 10.0 Å². The third kappa shape index (κ3) is 5.64. The second kappa shape index (κ2) is 5.85. The fourth-order valence-electron chi connectivity index (χ4n) is 1.39. The third-order valence-corrected chi connectivity index (χ3v) is 3.93. The first-order valence-electron chi connectivity index (χ1n) is 5.13. The zero-order valence-corrected chi connectivity index (χ0v) is 14.3. The first kappa shape index (κ1) is 15.9. The van der Waals surface area contributed by atoms with E-state index in [9.17, 15) is 8.42 Å². The molecule has 5 nitrogen and oxygen atoms in total. The summed E-state index contributed by atoms with van der Waals surface area (Å²) in [4.78, 5) is 4.20. The molecule has 1 aromatic heterocycles. The summed E-state index contributed by atoms with van der Waals surface area (Å²) >= 11 is 6.70. The van der Waals surface area contributed by atoms with Gasteiger partial charge in [0, 0.05) is 22.8 Å². The van der Waals surface area contributed by atoms with Crippen molar-refractivity contribution in [2.45, 2.75) is 19.4 Å². The fraction of sp³-hybridized carbons (Fsp3) is 0.500. The van der Waals surface area contributed by atoms with E-state index >= 15 is 0 Å². The van der Waals surface area contributed by atoms with Crippen LogP contribution in [0.25, 0.3) is 0 Å². The van der Waals surface area contributed by atoms with E-state index in [0.29, 0.717) is 12.4 Å². The van der Waals surface area contributed by atoms with Crippen LogP contribution in [0.1, 0.15) is 13.8 Å². The molecule has 0 saturated heterocycles. The summed E-state index contributed by atoms with van der Waals surface area (Å²) in [6.45, 7) is 4.02. The van der Waals surface area contributed by atoms with Crippen LogP contribution in [0.4, 0.5) is 5.82 Å². The Hall–Kier alpha value is -0.180. The van der Waals surface area contributed by atoms with Gasteiger partial charge in [-0.25, -0.2) is 18.1 Å². The molecule has 1 aromatic rings. The zero-order valence-electron chi connectivity index (χ0n) is 10.3. The maximum absolute atomic E-state index is 11.2. The molecule has 0 saturated carbocycles. The molecule has 2 N–H and O–H groups in total. The van der Waals surface area contributed by atoms with Crippen LogP contribution in [0.5, 0.6) is 0 Å². The molecule has 0 aromatic carbocycles. The number of anilines is 1. The maximum Gasteiger partial charge on any atom is 0.209 e. The summed E-state index contributed by atoms with van der Waals surface area (Å²) in [5.41, 5.74) is -0.595. The third-order valence-electron chi connectivity index (χ3n) is 1.97. The lowest BCUT2D eigenvalue weighted by atomic mass is 10.1. The van der Waals surface area contributed by atoms with Crippen LogP contribution in [-0.4, -0.2) is 31.7 Å². The summed E-state index contributed by atoms with van der Waals surface area (Å²) < 4.78 is 26.6. The summed E-state index contributed by atoms with van der Waals surface area (Å²) in [5.74, 6) is 0.668. The molecule has 0 aliphatic carbocycles. The molecule has 0 atom stereocenters. The molecule has 0 unspecified atom stereocenters. The van der Waals surface area contributed by atoms with Crippen LogP contribution in [0, 0.1) is 0 Å². The van der Waals surface area contributed by atoms with Crippen molar-refractivity contribution in [2.75, 3.05) is 18.1 Å². The van der Waals surface area contributed by atoms with Crippen molar-refractivity contribution >= 4 is 47.7 Å². The molecule has 0 aliphatic heterocycles. The van der Waals surface area contributed by atoms with Crippen LogP contribution in [0.15, 0.2) is 21.2 Å². The topological polar surface area (TPSA) is 71.1 Å². The van der Waals surface area contributed by atoms with Gasteiger partial charge < -0.3 is 5.32 Å². The van der Waals surface area contributed by atoms with Crippen molar-refractivity contribution in [2.24, 2.45) is 0 Å². The predicted molar refractivity (Wildman–Crippen MR) is 80.2 cm³/mol. The van der Waals surface area contributed by atoms with Crippen molar-refractivity contribution in [1.82, 2.24) is 9.71 Å². The molecule has 0 bridgehead atoms. The number of rotatable bonds is 5. The van der Waals surface area contributed by atoms with Gasteiger partial charge in [-0.1, -0.05) is 0 Å². The largest absolute Gasteiger partial charge is 0.367 e. The van der Waals surface area contributed by atoms with Crippen molar-refractivity contribution < 1.29 is 8.42 Å². The monoisotopic (exact) mass is 399 g/mol. The Labute approximate surface area is 124 Å². The van der Waals surface area contributed by atoms with E-state index in [4.69, 9.17) is 0 Å². The van der Waals surface area contributed by atoms with Crippen LogP contribution >= 0.6 is 31.9 Å². The number of sulfonamides is 1. The molecular weight excluding hydrogens is 386 g/mol. The first-order valence-corrected chi connectivity index (χ1v) is 8.61. The van der Waals surface area contributed by atoms with Gasteiger partial charge in [-0.05, 0) is 51.8 Å². The highest BCUT2D eigenvalue weighted by atomic mass is 79.9. The zero-order chi connectivity index (χ0) is 14.0. The number of nitrogens with zero attached hydrogens (tertiary/aromatic N) is 1. The second-order valence-corrected chi connectivity index (χ2v) is 8.11. The number of aromatic nitrogens is 1. The summed E-state index contributed by atoms with van der Waals surface area (Å²) in [6.07, 6.45) is 2.81. The summed E-state index contributed by atoms with van der Waals surface area (Å²) in [5, 5.41) is 3.10. The number of pyridine rings is 1. The Balaban J connectivity index is 2.70. The highest BCUT2D eigenvalue weighted by Crippen LogP contribution is 2.23. The van der Waals surface area contributed by atoms with Gasteiger partial charge in [-0.2, -0.15) is 0 Å². The van der Waals surface area contributed by atoms with E-state index < -0.39 is 15.6 Å². The van der Waals surface area contributed by atoms with Gasteiger partial charge in [0.25, 0.3) is 0 Å².